The minimum Gasteiger partial charge on any atom is -0.419 e. The molecule has 0 unspecified atom stereocenters. The number of ether oxygens (including phenoxy) is 1. The maximum Gasteiger partial charge on any atom is 0.299 e. The SMILES string of the molecule is CCC(OC=O)=S=O. The van der Waals surface area contributed by atoms with Gasteiger partial charge in [-0.15, -0.1) is 0 Å². The van der Waals surface area contributed by atoms with Crippen LogP contribution in [-0.4, -0.2) is 15.7 Å². The number of carbonyl (C=O) groups excluding carboxylic acids is 1. The predicted octanol–water partition coefficient (Wildman–Crippen LogP) is -0.0877. The first kappa shape index (κ1) is 7.36. The summed E-state index contributed by atoms with van der Waals surface area (Å²) >= 11 is 0.208. The molecule has 3 nitrogen and oxygen atoms in total. The third-order valence-electron chi connectivity index (χ3n) is 0.561. The number of carbonyl (C=O) groups is 1. The van der Waals surface area contributed by atoms with Gasteiger partial charge < -0.3 is 4.74 Å². The van der Waals surface area contributed by atoms with E-state index in [-0.39, 0.29) is 22.8 Å². The van der Waals surface area contributed by atoms with E-state index in [9.17, 15) is 9.00 Å². The van der Waals surface area contributed by atoms with Crippen LogP contribution in [0.5, 0.6) is 0 Å². The third-order valence-corrected chi connectivity index (χ3v) is 1.13. The van der Waals surface area contributed by atoms with Gasteiger partial charge in [-0.05, 0) is 0 Å². The summed E-state index contributed by atoms with van der Waals surface area (Å²) in [4.78, 5) is 9.54. The molecule has 0 fully saturated rings. The quantitative estimate of drug-likeness (QED) is 0.391. The van der Waals surface area contributed by atoms with Crippen LogP contribution in [0.3, 0.4) is 0 Å². The van der Waals surface area contributed by atoms with Crippen LogP contribution in [0.15, 0.2) is 0 Å². The second-order valence-corrected chi connectivity index (χ2v) is 1.64. The largest absolute Gasteiger partial charge is 0.419 e. The summed E-state index contributed by atoms with van der Waals surface area (Å²) in [7, 11) is 0. The average Bonchev–Trinajstić information content (AvgIpc) is 1.83. The fourth-order valence-electron chi connectivity index (χ4n) is 0.216. The zero-order valence-electron chi connectivity index (χ0n) is 4.42. The van der Waals surface area contributed by atoms with Crippen LogP contribution in [0.4, 0.5) is 0 Å². The van der Waals surface area contributed by atoms with E-state index in [4.69, 9.17) is 0 Å². The van der Waals surface area contributed by atoms with E-state index in [1.807, 2.05) is 0 Å². The van der Waals surface area contributed by atoms with E-state index in [0.29, 0.717) is 6.42 Å². The van der Waals surface area contributed by atoms with Crippen molar-refractivity contribution >= 4 is 22.8 Å². The summed E-state index contributed by atoms with van der Waals surface area (Å²) in [6.07, 6.45) is 0.479. The Hall–Kier alpha value is -0.640. The molecule has 0 aromatic rings. The molecule has 0 radical (unpaired) electrons. The van der Waals surface area contributed by atoms with E-state index in [1.54, 1.807) is 6.92 Å². The molecule has 0 atom stereocenters. The van der Waals surface area contributed by atoms with Gasteiger partial charge in [0.15, 0.2) is 5.05 Å². The highest BCUT2D eigenvalue weighted by Gasteiger charge is 1.90. The van der Waals surface area contributed by atoms with Crippen LogP contribution >= 0.6 is 0 Å². The minimum atomic E-state index is 0.208. The Morgan fingerprint density at radius 2 is 2.50 bits per heavy atom. The Morgan fingerprint density at radius 3 is 2.62 bits per heavy atom. The molecule has 0 spiro atoms. The molecule has 0 aliphatic heterocycles. The Bertz CT molecular complexity index is 125. The maximum atomic E-state index is 9.85. The molecular formula is C4H6O3S. The molecule has 0 amide bonds. The second kappa shape index (κ2) is 4.52. The molecule has 4 heteroatoms. The van der Waals surface area contributed by atoms with Gasteiger partial charge >= 0.3 is 0 Å². The zero-order valence-corrected chi connectivity index (χ0v) is 5.23. The van der Waals surface area contributed by atoms with E-state index in [2.05, 4.69) is 4.74 Å². The van der Waals surface area contributed by atoms with Gasteiger partial charge in [0, 0.05) is 6.42 Å². The summed E-state index contributed by atoms with van der Waals surface area (Å²) in [6.45, 7) is 1.99. The van der Waals surface area contributed by atoms with Crippen molar-refractivity contribution in [3.05, 3.63) is 0 Å². The van der Waals surface area contributed by atoms with E-state index < -0.39 is 0 Å². The van der Waals surface area contributed by atoms with Crippen LogP contribution in [0.2, 0.25) is 0 Å². The first-order valence-corrected chi connectivity index (χ1v) is 2.85. The minimum absolute atomic E-state index is 0.208. The topological polar surface area (TPSA) is 43.4 Å². The highest BCUT2D eigenvalue weighted by molar-refractivity contribution is 7.66. The lowest BCUT2D eigenvalue weighted by Gasteiger charge is -1.89. The molecule has 0 rings (SSSR count). The molecular weight excluding hydrogens is 128 g/mol. The predicted molar refractivity (Wildman–Crippen MR) is 30.6 cm³/mol. The molecule has 0 bridgehead atoms. The molecule has 0 heterocycles. The van der Waals surface area contributed by atoms with Gasteiger partial charge in [-0.25, -0.2) is 4.21 Å². The van der Waals surface area contributed by atoms with Gasteiger partial charge in [0.1, 0.15) is 11.3 Å². The van der Waals surface area contributed by atoms with Crippen molar-refractivity contribution in [2.45, 2.75) is 13.3 Å². The standard InChI is InChI=1S/C4H6O3S/c1-2-4(8-6)7-3-5/h3H,2H2,1H3. The smallest absolute Gasteiger partial charge is 0.299 e. The zero-order chi connectivity index (χ0) is 6.41. The Balaban J connectivity index is 3.72. The molecule has 8 heavy (non-hydrogen) atoms. The number of hydrogen-bond acceptors (Lipinski definition) is 3. The van der Waals surface area contributed by atoms with Gasteiger partial charge in [-0.3, -0.25) is 4.79 Å². The molecule has 0 saturated carbocycles. The van der Waals surface area contributed by atoms with Gasteiger partial charge in [0.05, 0.1) is 0 Å². The van der Waals surface area contributed by atoms with E-state index in [0.717, 1.165) is 0 Å². The molecule has 46 valence electrons. The Kier molecular flexibility index (Phi) is 4.16. The Morgan fingerprint density at radius 1 is 1.88 bits per heavy atom. The van der Waals surface area contributed by atoms with E-state index >= 15 is 0 Å². The lowest BCUT2D eigenvalue weighted by Crippen LogP contribution is -1.99. The van der Waals surface area contributed by atoms with Crippen molar-refractivity contribution in [2.24, 2.45) is 0 Å². The summed E-state index contributed by atoms with van der Waals surface area (Å²) < 4.78 is 14.1. The molecule has 0 saturated heterocycles. The first-order valence-electron chi connectivity index (χ1n) is 2.11. The van der Waals surface area contributed by atoms with Crippen LogP contribution in [0, 0.1) is 0 Å². The van der Waals surface area contributed by atoms with Crippen molar-refractivity contribution in [2.75, 3.05) is 0 Å². The lowest BCUT2D eigenvalue weighted by atomic mass is 10.5. The highest BCUT2D eigenvalue weighted by Crippen LogP contribution is 1.79. The monoisotopic (exact) mass is 134 g/mol. The maximum absolute atomic E-state index is 9.85. The van der Waals surface area contributed by atoms with Gasteiger partial charge in [-0.1, -0.05) is 6.92 Å². The molecule has 0 aliphatic rings. The van der Waals surface area contributed by atoms with Crippen LogP contribution in [0.25, 0.3) is 0 Å². The second-order valence-electron chi connectivity index (χ2n) is 1.02. The number of hydrogen-bond donors (Lipinski definition) is 0. The average molecular weight is 134 g/mol. The third kappa shape index (κ3) is 2.52. The molecule has 0 aliphatic carbocycles. The van der Waals surface area contributed by atoms with Gasteiger partial charge in [0.2, 0.25) is 0 Å². The number of rotatable bonds is 2. The lowest BCUT2D eigenvalue weighted by molar-refractivity contribution is -0.121. The molecule has 0 N–H and O–H groups in total. The molecule has 0 aromatic carbocycles. The summed E-state index contributed by atoms with van der Waals surface area (Å²) in [6, 6.07) is 0. The van der Waals surface area contributed by atoms with E-state index in [1.165, 1.54) is 0 Å². The first-order chi connectivity index (χ1) is 3.85. The van der Waals surface area contributed by atoms with Crippen LogP contribution in [0.1, 0.15) is 13.3 Å². The van der Waals surface area contributed by atoms with Crippen molar-refractivity contribution in [3.8, 4) is 0 Å². The van der Waals surface area contributed by atoms with Crippen molar-refractivity contribution in [3.63, 3.8) is 0 Å². The summed E-state index contributed by atoms with van der Waals surface area (Å²) in [5, 5.41) is 0.208. The van der Waals surface area contributed by atoms with Crippen LogP contribution in [-0.2, 0) is 20.8 Å². The van der Waals surface area contributed by atoms with Crippen molar-refractivity contribution in [1.29, 1.82) is 0 Å². The fraction of sp³-hybridized carbons (Fsp3) is 0.500. The normalized spacial score (nSPS) is 7.62. The Labute approximate surface area is 50.7 Å². The summed E-state index contributed by atoms with van der Waals surface area (Å²) in [5.74, 6) is 0. The molecule has 0 aromatic heterocycles. The van der Waals surface area contributed by atoms with Crippen LogP contribution < -0.4 is 0 Å². The highest BCUT2D eigenvalue weighted by atomic mass is 32.1. The van der Waals surface area contributed by atoms with Crippen molar-refractivity contribution < 1.29 is 13.7 Å². The van der Waals surface area contributed by atoms with Gasteiger partial charge in [-0.2, -0.15) is 0 Å². The van der Waals surface area contributed by atoms with Crippen molar-refractivity contribution in [1.82, 2.24) is 0 Å². The fourth-order valence-corrected chi connectivity index (χ4v) is 0.412. The summed E-state index contributed by atoms with van der Waals surface area (Å²) in [5.41, 5.74) is 0. The van der Waals surface area contributed by atoms with Gasteiger partial charge in [0.25, 0.3) is 6.47 Å².